The number of likely N-dealkylation sites (tertiary alicyclic amines) is 1. The Hall–Kier alpha value is -2.11. The standard InChI is InChI=1S/C18H23N3O2/c1-23-17-9-8-13-5-2-3-7-15(13)16(17)12-21-10-4-6-14(11-21)18(22)20-19/h2-3,5,7-9,14H,4,6,10-12,19H2,1H3,(H,20,22). The zero-order valence-electron chi connectivity index (χ0n) is 13.4. The number of nitrogens with zero attached hydrogens (tertiary/aromatic N) is 1. The van der Waals surface area contributed by atoms with E-state index in [0.29, 0.717) is 0 Å². The Morgan fingerprint density at radius 3 is 2.96 bits per heavy atom. The van der Waals surface area contributed by atoms with Crippen molar-refractivity contribution < 1.29 is 9.53 Å². The van der Waals surface area contributed by atoms with Crippen molar-refractivity contribution in [1.29, 1.82) is 0 Å². The van der Waals surface area contributed by atoms with Crippen molar-refractivity contribution in [3.8, 4) is 5.75 Å². The SMILES string of the molecule is COc1ccc2ccccc2c1CN1CCCC(C(=O)NN)C1. The van der Waals surface area contributed by atoms with Crippen LogP contribution in [-0.4, -0.2) is 31.0 Å². The molecular weight excluding hydrogens is 290 g/mol. The van der Waals surface area contributed by atoms with Crippen LogP contribution in [0.15, 0.2) is 36.4 Å². The fraction of sp³-hybridized carbons (Fsp3) is 0.389. The van der Waals surface area contributed by atoms with Crippen LogP contribution in [0.3, 0.4) is 0 Å². The van der Waals surface area contributed by atoms with E-state index in [0.717, 1.165) is 38.2 Å². The van der Waals surface area contributed by atoms with Crippen LogP contribution >= 0.6 is 0 Å². The number of amides is 1. The molecule has 2 aromatic carbocycles. The number of nitrogens with two attached hydrogens (primary N) is 1. The Bertz CT molecular complexity index is 702. The molecule has 0 saturated carbocycles. The van der Waals surface area contributed by atoms with Gasteiger partial charge in [-0.05, 0) is 36.2 Å². The molecule has 1 amide bonds. The summed E-state index contributed by atoms with van der Waals surface area (Å²) in [6, 6.07) is 12.4. The number of carbonyl (C=O) groups excluding carboxylic acids is 1. The van der Waals surface area contributed by atoms with Crippen LogP contribution in [0.1, 0.15) is 18.4 Å². The third-order valence-electron chi connectivity index (χ3n) is 4.62. The average Bonchev–Trinajstić information content (AvgIpc) is 2.61. The molecule has 122 valence electrons. The molecule has 23 heavy (non-hydrogen) atoms. The number of piperidine rings is 1. The second kappa shape index (κ2) is 6.98. The Morgan fingerprint density at radius 1 is 1.35 bits per heavy atom. The molecular formula is C18H23N3O2. The maximum atomic E-state index is 11.8. The highest BCUT2D eigenvalue weighted by Crippen LogP contribution is 2.30. The number of methoxy groups -OCH3 is 1. The number of ether oxygens (including phenoxy) is 1. The summed E-state index contributed by atoms with van der Waals surface area (Å²) in [5, 5.41) is 2.41. The van der Waals surface area contributed by atoms with Crippen LogP contribution in [0, 0.1) is 5.92 Å². The van der Waals surface area contributed by atoms with Gasteiger partial charge in [-0.25, -0.2) is 5.84 Å². The highest BCUT2D eigenvalue weighted by atomic mass is 16.5. The van der Waals surface area contributed by atoms with E-state index in [1.165, 1.54) is 16.3 Å². The minimum atomic E-state index is -0.0698. The van der Waals surface area contributed by atoms with E-state index in [1.54, 1.807) is 7.11 Å². The summed E-state index contributed by atoms with van der Waals surface area (Å²) in [6.45, 7) is 2.50. The summed E-state index contributed by atoms with van der Waals surface area (Å²) >= 11 is 0. The van der Waals surface area contributed by atoms with Gasteiger partial charge in [-0.2, -0.15) is 0 Å². The molecule has 0 bridgehead atoms. The molecule has 1 heterocycles. The number of nitrogens with one attached hydrogen (secondary N) is 1. The van der Waals surface area contributed by atoms with E-state index in [-0.39, 0.29) is 11.8 Å². The second-order valence-electron chi connectivity index (χ2n) is 6.05. The van der Waals surface area contributed by atoms with Crippen LogP contribution in [0.4, 0.5) is 0 Å². The quantitative estimate of drug-likeness (QED) is 0.515. The van der Waals surface area contributed by atoms with E-state index < -0.39 is 0 Å². The Morgan fingerprint density at radius 2 is 2.17 bits per heavy atom. The van der Waals surface area contributed by atoms with Crippen LogP contribution in [0.2, 0.25) is 0 Å². The highest BCUT2D eigenvalue weighted by molar-refractivity contribution is 5.87. The molecule has 5 heteroatoms. The molecule has 1 aliphatic heterocycles. The maximum absolute atomic E-state index is 11.8. The maximum Gasteiger partial charge on any atom is 0.238 e. The first-order chi connectivity index (χ1) is 11.2. The third kappa shape index (κ3) is 3.30. The van der Waals surface area contributed by atoms with E-state index in [2.05, 4.69) is 28.5 Å². The Kier molecular flexibility index (Phi) is 4.79. The minimum Gasteiger partial charge on any atom is -0.496 e. The monoisotopic (exact) mass is 313 g/mol. The Balaban J connectivity index is 1.87. The normalized spacial score (nSPS) is 18.8. The summed E-state index contributed by atoms with van der Waals surface area (Å²) in [5.41, 5.74) is 3.46. The van der Waals surface area contributed by atoms with Crippen molar-refractivity contribution in [2.24, 2.45) is 11.8 Å². The zero-order valence-corrected chi connectivity index (χ0v) is 13.4. The van der Waals surface area contributed by atoms with Gasteiger partial charge in [0.15, 0.2) is 0 Å². The molecule has 1 unspecified atom stereocenters. The topological polar surface area (TPSA) is 67.6 Å². The van der Waals surface area contributed by atoms with Crippen molar-refractivity contribution in [2.45, 2.75) is 19.4 Å². The first-order valence-electron chi connectivity index (χ1n) is 8.00. The first-order valence-corrected chi connectivity index (χ1v) is 8.00. The molecule has 1 fully saturated rings. The summed E-state index contributed by atoms with van der Waals surface area (Å²) < 4.78 is 5.56. The number of fused-ring (bicyclic) bond motifs is 1. The lowest BCUT2D eigenvalue weighted by Crippen LogP contribution is -2.44. The number of hydrogen-bond donors (Lipinski definition) is 2. The number of rotatable bonds is 4. The average molecular weight is 313 g/mol. The van der Waals surface area contributed by atoms with Gasteiger partial charge in [-0.15, -0.1) is 0 Å². The molecule has 0 radical (unpaired) electrons. The van der Waals surface area contributed by atoms with E-state index >= 15 is 0 Å². The smallest absolute Gasteiger partial charge is 0.238 e. The molecule has 5 nitrogen and oxygen atoms in total. The minimum absolute atomic E-state index is 0.0327. The van der Waals surface area contributed by atoms with E-state index in [1.807, 2.05) is 18.2 Å². The Labute approximate surface area is 136 Å². The van der Waals surface area contributed by atoms with Gasteiger partial charge in [0, 0.05) is 18.7 Å². The molecule has 3 rings (SSSR count). The van der Waals surface area contributed by atoms with Crippen molar-refractivity contribution in [2.75, 3.05) is 20.2 Å². The van der Waals surface area contributed by atoms with Gasteiger partial charge in [0.1, 0.15) is 5.75 Å². The molecule has 0 spiro atoms. The van der Waals surface area contributed by atoms with Crippen molar-refractivity contribution >= 4 is 16.7 Å². The van der Waals surface area contributed by atoms with Gasteiger partial charge in [0.2, 0.25) is 5.91 Å². The van der Waals surface area contributed by atoms with Gasteiger partial charge < -0.3 is 4.74 Å². The fourth-order valence-electron chi connectivity index (χ4n) is 3.42. The molecule has 0 aromatic heterocycles. The van der Waals surface area contributed by atoms with Gasteiger partial charge in [0.25, 0.3) is 0 Å². The first kappa shape index (κ1) is 15.8. The fourth-order valence-corrected chi connectivity index (χ4v) is 3.42. The van der Waals surface area contributed by atoms with Crippen LogP contribution in [-0.2, 0) is 11.3 Å². The van der Waals surface area contributed by atoms with Gasteiger partial charge >= 0.3 is 0 Å². The molecule has 2 aromatic rings. The lowest BCUT2D eigenvalue weighted by atomic mass is 9.96. The number of hydrazine groups is 1. The van der Waals surface area contributed by atoms with Crippen LogP contribution < -0.4 is 16.0 Å². The summed E-state index contributed by atoms with van der Waals surface area (Å²) in [5.74, 6) is 6.08. The predicted octanol–water partition coefficient (Wildman–Crippen LogP) is 2.05. The summed E-state index contributed by atoms with van der Waals surface area (Å²) in [6.07, 6.45) is 1.90. The largest absolute Gasteiger partial charge is 0.496 e. The lowest BCUT2D eigenvalue weighted by molar-refractivity contribution is -0.126. The molecule has 1 saturated heterocycles. The molecule has 0 aliphatic carbocycles. The predicted molar refractivity (Wildman–Crippen MR) is 90.8 cm³/mol. The van der Waals surface area contributed by atoms with Crippen molar-refractivity contribution in [3.05, 3.63) is 42.0 Å². The van der Waals surface area contributed by atoms with Gasteiger partial charge in [-0.3, -0.25) is 15.1 Å². The summed E-state index contributed by atoms with van der Waals surface area (Å²) in [4.78, 5) is 14.1. The zero-order chi connectivity index (χ0) is 16.2. The van der Waals surface area contributed by atoms with E-state index in [4.69, 9.17) is 10.6 Å². The highest BCUT2D eigenvalue weighted by Gasteiger charge is 2.26. The molecule has 3 N–H and O–H groups in total. The molecule has 1 atom stereocenters. The van der Waals surface area contributed by atoms with Gasteiger partial charge in [-0.1, -0.05) is 30.3 Å². The number of carbonyl (C=O) groups is 1. The summed E-state index contributed by atoms with van der Waals surface area (Å²) in [7, 11) is 1.70. The lowest BCUT2D eigenvalue weighted by Gasteiger charge is -2.32. The number of hydrogen-bond acceptors (Lipinski definition) is 4. The van der Waals surface area contributed by atoms with Crippen LogP contribution in [0.25, 0.3) is 10.8 Å². The second-order valence-corrected chi connectivity index (χ2v) is 6.05. The molecule has 1 aliphatic rings. The van der Waals surface area contributed by atoms with Crippen molar-refractivity contribution in [1.82, 2.24) is 10.3 Å². The van der Waals surface area contributed by atoms with Crippen LogP contribution in [0.5, 0.6) is 5.75 Å². The van der Waals surface area contributed by atoms with Crippen molar-refractivity contribution in [3.63, 3.8) is 0 Å². The number of benzene rings is 2. The van der Waals surface area contributed by atoms with Gasteiger partial charge in [0.05, 0.1) is 13.0 Å². The third-order valence-corrected chi connectivity index (χ3v) is 4.62. The van der Waals surface area contributed by atoms with E-state index in [9.17, 15) is 4.79 Å².